The van der Waals surface area contributed by atoms with Crippen molar-refractivity contribution in [2.75, 3.05) is 56.8 Å². The molecule has 0 aromatic heterocycles. The van der Waals surface area contributed by atoms with Gasteiger partial charge in [0.25, 0.3) is 21.6 Å². The first kappa shape index (κ1) is 38.2. The Kier molecular flexibility index (Phi) is 12.7. The lowest BCUT2D eigenvalue weighted by atomic mass is 9.76. The Morgan fingerprint density at radius 1 is 1.06 bits per heavy atom. The van der Waals surface area contributed by atoms with Crippen LogP contribution in [0.15, 0.2) is 82.6 Å². The monoisotopic (exact) mass is 711 g/mol. The molecule has 0 radical (unpaired) electrons. The summed E-state index contributed by atoms with van der Waals surface area (Å²) in [7, 11) is 1.29. The standard InChI is InChI=1S/C36H49N5O6S2/c1-35(2,3)26-36(47-6)19-22-40(23-20-36)29-14-12-27(13-15-29)34(42)38-49(45,46)31-16-17-32(33(24-31)41(43)44)37-28(18-21-39(4)5)25-48-30-10-8-7-9-11-30/h7-17,24,28,37H,18-23,25-26H2,1-6H3,(H,38,42). The number of benzene rings is 3. The maximum absolute atomic E-state index is 13.3. The van der Waals surface area contributed by atoms with E-state index < -0.39 is 20.9 Å². The number of nitro groups is 1. The van der Waals surface area contributed by atoms with Crippen LogP contribution in [0.5, 0.6) is 0 Å². The maximum Gasteiger partial charge on any atom is 0.293 e. The molecule has 13 heteroatoms. The third kappa shape index (κ3) is 10.9. The Morgan fingerprint density at radius 2 is 1.71 bits per heavy atom. The molecule has 0 aliphatic carbocycles. The minimum Gasteiger partial charge on any atom is -0.378 e. The first-order chi connectivity index (χ1) is 23.1. The zero-order valence-electron chi connectivity index (χ0n) is 29.3. The van der Waals surface area contributed by atoms with Crippen LogP contribution in [0.1, 0.15) is 56.8 Å². The molecule has 1 saturated heterocycles. The van der Waals surface area contributed by atoms with Crippen LogP contribution in [-0.4, -0.2) is 82.4 Å². The number of amides is 1. The third-order valence-corrected chi connectivity index (χ3v) is 11.1. The summed E-state index contributed by atoms with van der Waals surface area (Å²) >= 11 is 1.63. The first-order valence-electron chi connectivity index (χ1n) is 16.4. The number of nitro benzene ring substituents is 1. The molecule has 0 saturated carbocycles. The number of rotatable bonds is 15. The highest BCUT2D eigenvalue weighted by molar-refractivity contribution is 7.99. The molecule has 1 atom stereocenters. The fourth-order valence-electron chi connectivity index (χ4n) is 6.15. The van der Waals surface area contributed by atoms with Crippen LogP contribution in [-0.2, 0) is 14.8 Å². The molecule has 11 nitrogen and oxygen atoms in total. The van der Waals surface area contributed by atoms with Crippen molar-refractivity contribution < 1.29 is 22.9 Å². The highest BCUT2D eigenvalue weighted by Crippen LogP contribution is 2.38. The molecule has 0 bridgehead atoms. The Labute approximate surface area is 295 Å². The van der Waals surface area contributed by atoms with Gasteiger partial charge in [-0.1, -0.05) is 39.0 Å². The van der Waals surface area contributed by atoms with E-state index in [1.165, 1.54) is 12.1 Å². The van der Waals surface area contributed by atoms with Gasteiger partial charge in [0.15, 0.2) is 0 Å². The number of hydrogen-bond acceptors (Lipinski definition) is 10. The minimum absolute atomic E-state index is 0.132. The number of sulfonamides is 1. The Bertz CT molecular complexity index is 1670. The van der Waals surface area contributed by atoms with Crippen molar-refractivity contribution in [3.8, 4) is 0 Å². The van der Waals surface area contributed by atoms with E-state index in [-0.39, 0.29) is 38.9 Å². The smallest absolute Gasteiger partial charge is 0.293 e. The van der Waals surface area contributed by atoms with Crippen LogP contribution in [0.2, 0.25) is 0 Å². The molecular formula is C36H49N5O6S2. The summed E-state index contributed by atoms with van der Waals surface area (Å²) in [6.07, 6.45) is 3.43. The van der Waals surface area contributed by atoms with E-state index >= 15 is 0 Å². The number of thioether (sulfide) groups is 1. The van der Waals surface area contributed by atoms with Crippen molar-refractivity contribution >= 4 is 44.8 Å². The van der Waals surface area contributed by atoms with Gasteiger partial charge in [-0.25, -0.2) is 13.1 Å². The van der Waals surface area contributed by atoms with Gasteiger partial charge in [0.1, 0.15) is 5.69 Å². The zero-order chi connectivity index (χ0) is 35.8. The molecular weight excluding hydrogens is 663 g/mol. The molecule has 1 unspecified atom stereocenters. The highest BCUT2D eigenvalue weighted by atomic mass is 32.2. The van der Waals surface area contributed by atoms with Crippen LogP contribution in [0.25, 0.3) is 0 Å². The second-order valence-corrected chi connectivity index (χ2v) is 16.9. The summed E-state index contributed by atoms with van der Waals surface area (Å²) < 4.78 is 34.6. The van der Waals surface area contributed by atoms with Crippen molar-refractivity contribution in [1.29, 1.82) is 0 Å². The molecule has 1 amide bonds. The normalized spacial score (nSPS) is 15.5. The second-order valence-electron chi connectivity index (χ2n) is 14.1. The number of nitrogens with zero attached hydrogens (tertiary/aromatic N) is 3. The minimum atomic E-state index is -4.41. The van der Waals surface area contributed by atoms with E-state index in [0.717, 1.165) is 55.5 Å². The van der Waals surface area contributed by atoms with Crippen LogP contribution in [0.4, 0.5) is 17.1 Å². The number of piperidine rings is 1. The summed E-state index contributed by atoms with van der Waals surface area (Å²) in [5.41, 5.74) is 0.901. The van der Waals surface area contributed by atoms with Crippen molar-refractivity contribution in [3.63, 3.8) is 0 Å². The quantitative estimate of drug-likeness (QED) is 0.100. The lowest BCUT2D eigenvalue weighted by molar-refractivity contribution is -0.384. The van der Waals surface area contributed by atoms with E-state index in [4.69, 9.17) is 4.74 Å². The van der Waals surface area contributed by atoms with Crippen molar-refractivity contribution in [2.24, 2.45) is 5.41 Å². The molecule has 3 aromatic carbocycles. The summed E-state index contributed by atoms with van der Waals surface area (Å²) in [4.78, 5) is 29.5. The number of hydrogen-bond donors (Lipinski definition) is 2. The van der Waals surface area contributed by atoms with E-state index in [0.29, 0.717) is 12.2 Å². The lowest BCUT2D eigenvalue weighted by Crippen LogP contribution is -2.47. The largest absolute Gasteiger partial charge is 0.378 e. The average molecular weight is 712 g/mol. The van der Waals surface area contributed by atoms with Crippen molar-refractivity contribution in [1.82, 2.24) is 9.62 Å². The number of anilines is 2. The average Bonchev–Trinajstić information content (AvgIpc) is 3.05. The molecule has 3 aromatic rings. The van der Waals surface area contributed by atoms with Gasteiger partial charge in [-0.3, -0.25) is 14.9 Å². The van der Waals surface area contributed by atoms with Crippen LogP contribution in [0, 0.1) is 15.5 Å². The van der Waals surface area contributed by atoms with Gasteiger partial charge in [0.2, 0.25) is 0 Å². The Hall–Kier alpha value is -3.65. The first-order valence-corrected chi connectivity index (χ1v) is 18.9. The van der Waals surface area contributed by atoms with Gasteiger partial charge in [-0.2, -0.15) is 0 Å². The Balaban J connectivity index is 1.43. The van der Waals surface area contributed by atoms with E-state index in [1.54, 1.807) is 43.1 Å². The molecule has 0 spiro atoms. The summed E-state index contributed by atoms with van der Waals surface area (Å²) in [6, 6.07) is 20.2. The fraction of sp³-hybridized carbons (Fsp3) is 0.472. The molecule has 266 valence electrons. The van der Waals surface area contributed by atoms with Gasteiger partial charge in [0, 0.05) is 54.2 Å². The van der Waals surface area contributed by atoms with E-state index in [2.05, 4.69) is 35.7 Å². The van der Waals surface area contributed by atoms with Gasteiger partial charge in [-0.05, 0) is 100 Å². The van der Waals surface area contributed by atoms with Crippen LogP contribution in [0.3, 0.4) is 0 Å². The fourth-order valence-corrected chi connectivity index (χ4v) is 8.14. The SMILES string of the molecule is COC1(CC(C)(C)C)CCN(c2ccc(C(=O)NS(=O)(=O)c3ccc(NC(CCN(C)C)CSc4ccccc4)c([N+](=O)[O-])c3)cc2)CC1. The zero-order valence-corrected chi connectivity index (χ0v) is 30.9. The maximum atomic E-state index is 13.3. The lowest BCUT2D eigenvalue weighted by Gasteiger charge is -2.44. The van der Waals surface area contributed by atoms with Gasteiger partial charge in [-0.15, -0.1) is 11.8 Å². The van der Waals surface area contributed by atoms with E-state index in [9.17, 15) is 23.3 Å². The summed E-state index contributed by atoms with van der Waals surface area (Å²) in [5.74, 6) is -0.174. The molecule has 2 N–H and O–H groups in total. The number of carbonyl (C=O) groups is 1. The topological polar surface area (TPSA) is 134 Å². The van der Waals surface area contributed by atoms with Crippen LogP contribution < -0.4 is 14.9 Å². The summed E-state index contributed by atoms with van der Waals surface area (Å²) in [6.45, 7) is 9.01. The van der Waals surface area contributed by atoms with E-state index in [1.807, 2.05) is 49.3 Å². The highest BCUT2D eigenvalue weighted by Gasteiger charge is 2.38. The number of nitrogens with one attached hydrogen (secondary N) is 2. The number of carbonyl (C=O) groups excluding carboxylic acids is 1. The van der Waals surface area contributed by atoms with Crippen molar-refractivity contribution in [3.05, 3.63) is 88.5 Å². The molecule has 1 aliphatic heterocycles. The molecule has 1 heterocycles. The van der Waals surface area contributed by atoms with Crippen LogP contribution >= 0.6 is 11.8 Å². The number of ether oxygens (including phenoxy) is 1. The predicted molar refractivity (Wildman–Crippen MR) is 197 cm³/mol. The van der Waals surface area contributed by atoms with Gasteiger partial charge >= 0.3 is 0 Å². The van der Waals surface area contributed by atoms with Crippen molar-refractivity contribution in [2.45, 2.75) is 67.9 Å². The molecule has 4 rings (SSSR count). The molecule has 1 aliphatic rings. The third-order valence-electron chi connectivity index (χ3n) is 8.64. The Morgan fingerprint density at radius 3 is 2.29 bits per heavy atom. The number of methoxy groups -OCH3 is 1. The van der Waals surface area contributed by atoms with Gasteiger partial charge in [0.05, 0.1) is 15.4 Å². The van der Waals surface area contributed by atoms with Gasteiger partial charge < -0.3 is 19.9 Å². The predicted octanol–water partition coefficient (Wildman–Crippen LogP) is 6.66. The molecule has 1 fully saturated rings. The molecule has 49 heavy (non-hydrogen) atoms. The second kappa shape index (κ2) is 16.4. The summed E-state index contributed by atoms with van der Waals surface area (Å²) in [5, 5.41) is 15.4.